The Labute approximate surface area is 510 Å². The minimum absolute atomic E-state index is 0.0798. The zero-order chi connectivity index (χ0) is 59.2. The first kappa shape index (κ1) is 79.1. The Balaban J connectivity index is 4.03. The van der Waals surface area contributed by atoms with Gasteiger partial charge in [-0.3, -0.25) is 14.4 Å². The molecule has 0 amide bonds. The van der Waals surface area contributed by atoms with Crippen LogP contribution in [0.25, 0.3) is 0 Å². The second kappa shape index (κ2) is 70.6. The van der Waals surface area contributed by atoms with Gasteiger partial charge >= 0.3 is 17.9 Å². The number of hydrogen-bond acceptors (Lipinski definition) is 6. The lowest BCUT2D eigenvalue weighted by Crippen LogP contribution is -2.30. The lowest BCUT2D eigenvalue weighted by atomic mass is 10.0. The van der Waals surface area contributed by atoms with Crippen LogP contribution in [0.4, 0.5) is 0 Å². The van der Waals surface area contributed by atoms with Crippen LogP contribution in [-0.4, -0.2) is 37.2 Å². The van der Waals surface area contributed by atoms with Gasteiger partial charge in [0.1, 0.15) is 13.2 Å². The molecule has 6 heteroatoms. The summed E-state index contributed by atoms with van der Waals surface area (Å²) in [6.07, 6.45) is 91.5. The van der Waals surface area contributed by atoms with E-state index in [1.807, 2.05) is 0 Å². The molecule has 0 aliphatic carbocycles. The van der Waals surface area contributed by atoms with Gasteiger partial charge in [0.05, 0.1) is 0 Å². The number of carbonyl (C=O) groups excluding carboxylic acids is 3. The molecule has 0 aromatic rings. The van der Waals surface area contributed by atoms with E-state index >= 15 is 0 Å². The van der Waals surface area contributed by atoms with E-state index in [1.54, 1.807) is 0 Å². The molecule has 0 aliphatic heterocycles. The fourth-order valence-electron chi connectivity index (χ4n) is 10.9. The summed E-state index contributed by atoms with van der Waals surface area (Å²) in [5, 5.41) is 0. The molecule has 1 atom stereocenters. The third kappa shape index (κ3) is 67.9. The fraction of sp³-hybridized carbons (Fsp3) is 0.829. The number of unbranched alkanes of at least 4 members (excludes halogenated alkanes) is 46. The average Bonchev–Trinajstić information content (AvgIpc) is 3.48. The van der Waals surface area contributed by atoms with Crippen LogP contribution in [0.1, 0.15) is 387 Å². The first-order valence-electron chi connectivity index (χ1n) is 36.3. The topological polar surface area (TPSA) is 78.9 Å². The number of ether oxygens (including phenoxy) is 3. The Hall–Kier alpha value is -2.89. The average molecular weight is 1150 g/mol. The van der Waals surface area contributed by atoms with Gasteiger partial charge in [0.2, 0.25) is 0 Å². The van der Waals surface area contributed by atoms with E-state index in [4.69, 9.17) is 14.2 Å². The molecule has 0 bridgehead atoms. The molecule has 0 spiro atoms. The molecule has 82 heavy (non-hydrogen) atoms. The summed E-state index contributed by atoms with van der Waals surface area (Å²) in [5.41, 5.74) is 0. The van der Waals surface area contributed by atoms with E-state index in [2.05, 4.69) is 81.5 Å². The minimum atomic E-state index is -0.785. The fourth-order valence-corrected chi connectivity index (χ4v) is 10.9. The molecule has 0 aliphatic rings. The van der Waals surface area contributed by atoms with Crippen molar-refractivity contribution in [1.29, 1.82) is 0 Å². The molecule has 0 heterocycles. The number of carbonyl (C=O) groups is 3. The zero-order valence-electron chi connectivity index (χ0n) is 55.0. The predicted octanol–water partition coefficient (Wildman–Crippen LogP) is 25.1. The SMILES string of the molecule is CC/C=C\C/C=C\C/C=C\C/C=C\CCCCCCCCC(=O)OC(COC(=O)CCCCCCC/C=C\CCC)COC(=O)CCCCCCCCCCCCCCCCCCCCCCCCCCCCCCCCCCCCC. The largest absolute Gasteiger partial charge is 0.462 e. The molecule has 0 saturated carbocycles. The van der Waals surface area contributed by atoms with Gasteiger partial charge in [-0.05, 0) is 77.0 Å². The van der Waals surface area contributed by atoms with Gasteiger partial charge < -0.3 is 14.2 Å². The predicted molar refractivity (Wildman–Crippen MR) is 358 cm³/mol. The van der Waals surface area contributed by atoms with Crippen LogP contribution in [0.5, 0.6) is 0 Å². The Morgan fingerprint density at radius 1 is 0.256 bits per heavy atom. The zero-order valence-corrected chi connectivity index (χ0v) is 55.0. The smallest absolute Gasteiger partial charge is 0.306 e. The quantitative estimate of drug-likeness (QED) is 0.0261. The molecule has 0 aromatic carbocycles. The van der Waals surface area contributed by atoms with Crippen LogP contribution < -0.4 is 0 Å². The highest BCUT2D eigenvalue weighted by Crippen LogP contribution is 2.19. The van der Waals surface area contributed by atoms with E-state index < -0.39 is 6.10 Å². The molecule has 0 radical (unpaired) electrons. The molecular formula is C76H138O6. The summed E-state index contributed by atoms with van der Waals surface area (Å²) in [6.45, 7) is 6.50. The van der Waals surface area contributed by atoms with Crippen LogP contribution in [0.3, 0.4) is 0 Å². The second-order valence-electron chi connectivity index (χ2n) is 24.5. The normalized spacial score (nSPS) is 12.4. The highest BCUT2D eigenvalue weighted by Gasteiger charge is 2.19. The summed E-state index contributed by atoms with van der Waals surface area (Å²) in [4.78, 5) is 38.3. The van der Waals surface area contributed by atoms with Crippen molar-refractivity contribution in [2.45, 2.75) is 393 Å². The molecule has 0 aromatic heterocycles. The number of allylic oxidation sites excluding steroid dienone is 10. The van der Waals surface area contributed by atoms with Crippen LogP contribution in [0.15, 0.2) is 60.8 Å². The summed E-state index contributed by atoms with van der Waals surface area (Å²) >= 11 is 0. The molecule has 478 valence electrons. The van der Waals surface area contributed by atoms with Gasteiger partial charge in [0.25, 0.3) is 0 Å². The van der Waals surface area contributed by atoms with E-state index in [1.165, 1.54) is 238 Å². The second-order valence-corrected chi connectivity index (χ2v) is 24.5. The third-order valence-electron chi connectivity index (χ3n) is 16.2. The van der Waals surface area contributed by atoms with Crippen LogP contribution in [0.2, 0.25) is 0 Å². The third-order valence-corrected chi connectivity index (χ3v) is 16.2. The Bertz CT molecular complexity index is 1460. The van der Waals surface area contributed by atoms with Crippen molar-refractivity contribution in [1.82, 2.24) is 0 Å². The van der Waals surface area contributed by atoms with E-state index in [9.17, 15) is 14.4 Å². The van der Waals surface area contributed by atoms with Gasteiger partial charge in [-0.15, -0.1) is 0 Å². The van der Waals surface area contributed by atoms with Crippen molar-refractivity contribution in [3.05, 3.63) is 60.8 Å². The molecule has 6 nitrogen and oxygen atoms in total. The van der Waals surface area contributed by atoms with Gasteiger partial charge in [-0.1, -0.05) is 351 Å². The van der Waals surface area contributed by atoms with Crippen molar-refractivity contribution >= 4 is 17.9 Å². The van der Waals surface area contributed by atoms with E-state index in [0.29, 0.717) is 19.3 Å². The molecule has 0 rings (SSSR count). The number of esters is 3. The van der Waals surface area contributed by atoms with E-state index in [0.717, 1.165) is 109 Å². The first-order chi connectivity index (χ1) is 40.5. The number of hydrogen-bond donors (Lipinski definition) is 0. The van der Waals surface area contributed by atoms with Crippen LogP contribution >= 0.6 is 0 Å². The minimum Gasteiger partial charge on any atom is -0.462 e. The van der Waals surface area contributed by atoms with Gasteiger partial charge in [0, 0.05) is 19.3 Å². The summed E-state index contributed by atoms with van der Waals surface area (Å²) in [5.74, 6) is -0.887. The summed E-state index contributed by atoms with van der Waals surface area (Å²) in [6, 6.07) is 0. The summed E-state index contributed by atoms with van der Waals surface area (Å²) in [7, 11) is 0. The number of rotatable bonds is 67. The standard InChI is InChI=1S/C76H138O6/c1-4-7-10-13-16-19-22-24-26-28-30-31-32-33-34-35-36-37-38-39-40-41-42-43-44-45-47-48-50-52-54-57-60-63-66-69-75(78)81-72-73(71-80-74(77)68-65-62-59-56-21-18-15-12-9-6-3)82-76(79)70-67-64-61-58-55-53-51-49-46-29-27-25-23-20-17-14-11-8-5-2/h8,11-12,15,17,20,25,27,46,49,73H,4-7,9-10,13-14,16,18-19,21-24,26,28-45,47-48,50-72H2,1-3H3/b11-8-,15-12-,20-17-,27-25-,49-46-. The van der Waals surface area contributed by atoms with Gasteiger partial charge in [0.15, 0.2) is 6.10 Å². The highest BCUT2D eigenvalue weighted by molar-refractivity contribution is 5.71. The maximum absolute atomic E-state index is 12.9. The Morgan fingerprint density at radius 3 is 0.805 bits per heavy atom. The first-order valence-corrected chi connectivity index (χ1v) is 36.3. The van der Waals surface area contributed by atoms with Crippen molar-refractivity contribution in [3.63, 3.8) is 0 Å². The van der Waals surface area contributed by atoms with Gasteiger partial charge in [-0.25, -0.2) is 0 Å². The highest BCUT2D eigenvalue weighted by atomic mass is 16.6. The van der Waals surface area contributed by atoms with Crippen LogP contribution in [0, 0.1) is 0 Å². The maximum Gasteiger partial charge on any atom is 0.306 e. The molecule has 0 N–H and O–H groups in total. The van der Waals surface area contributed by atoms with Crippen molar-refractivity contribution < 1.29 is 28.6 Å². The maximum atomic E-state index is 12.9. The lowest BCUT2D eigenvalue weighted by Gasteiger charge is -2.18. The molecular weight excluding hydrogens is 1010 g/mol. The van der Waals surface area contributed by atoms with Crippen molar-refractivity contribution in [2.75, 3.05) is 13.2 Å². The van der Waals surface area contributed by atoms with Gasteiger partial charge in [-0.2, -0.15) is 0 Å². The Morgan fingerprint density at radius 2 is 0.500 bits per heavy atom. The molecule has 0 saturated heterocycles. The molecule has 1 unspecified atom stereocenters. The lowest BCUT2D eigenvalue weighted by molar-refractivity contribution is -0.167. The Kier molecular flexibility index (Phi) is 68.1. The summed E-state index contributed by atoms with van der Waals surface area (Å²) < 4.78 is 16.9. The van der Waals surface area contributed by atoms with Crippen molar-refractivity contribution in [2.24, 2.45) is 0 Å². The monoisotopic (exact) mass is 1150 g/mol. The van der Waals surface area contributed by atoms with Crippen LogP contribution in [-0.2, 0) is 28.6 Å². The van der Waals surface area contributed by atoms with Crippen molar-refractivity contribution in [3.8, 4) is 0 Å². The van der Waals surface area contributed by atoms with E-state index in [-0.39, 0.29) is 31.1 Å². The molecule has 0 fully saturated rings.